The van der Waals surface area contributed by atoms with Crippen LogP contribution in [0.25, 0.3) is 0 Å². The summed E-state index contributed by atoms with van der Waals surface area (Å²) in [5, 5.41) is 6.32. The Bertz CT molecular complexity index is 737. The van der Waals surface area contributed by atoms with E-state index in [1.54, 1.807) is 11.0 Å². The molecule has 6 heteroatoms. The van der Waals surface area contributed by atoms with Crippen molar-refractivity contribution < 1.29 is 14.1 Å². The van der Waals surface area contributed by atoms with E-state index in [1.165, 1.54) is 31.1 Å². The fourth-order valence-corrected chi connectivity index (χ4v) is 3.04. The zero-order chi connectivity index (χ0) is 19.1. The van der Waals surface area contributed by atoms with Crippen LogP contribution >= 0.6 is 0 Å². The molecule has 0 saturated heterocycles. The molecule has 1 aliphatic rings. The van der Waals surface area contributed by atoms with Crippen molar-refractivity contribution in [3.63, 3.8) is 0 Å². The number of unbranched alkanes of at least 4 members (excludes halogenated alkanes) is 2. The lowest BCUT2D eigenvalue weighted by Gasteiger charge is -2.22. The standard InChI is InChI=1S/C21H27N3O3/c1-2-3-4-5-16-8-10-18(11-9-16)21(26)24(14-17-6-7-17)15-20(25)22-19-12-13-27-23-19/h8-13,17H,2-7,14-15H2,1H3,(H,22,23,25). The van der Waals surface area contributed by atoms with E-state index >= 15 is 0 Å². The fourth-order valence-electron chi connectivity index (χ4n) is 3.04. The molecule has 1 saturated carbocycles. The molecule has 1 aromatic carbocycles. The van der Waals surface area contributed by atoms with Gasteiger partial charge in [-0.2, -0.15) is 0 Å². The molecule has 144 valence electrons. The van der Waals surface area contributed by atoms with E-state index in [2.05, 4.69) is 17.4 Å². The molecule has 0 radical (unpaired) electrons. The van der Waals surface area contributed by atoms with Crippen LogP contribution in [0.5, 0.6) is 0 Å². The summed E-state index contributed by atoms with van der Waals surface area (Å²) in [6.45, 7) is 2.82. The fraction of sp³-hybridized carbons (Fsp3) is 0.476. The normalized spacial score (nSPS) is 13.4. The number of carbonyl (C=O) groups is 2. The maximum atomic E-state index is 12.9. The van der Waals surface area contributed by atoms with Crippen LogP contribution < -0.4 is 5.32 Å². The van der Waals surface area contributed by atoms with E-state index in [9.17, 15) is 9.59 Å². The molecule has 1 heterocycles. The number of nitrogens with zero attached hydrogens (tertiary/aromatic N) is 2. The van der Waals surface area contributed by atoms with Crippen molar-refractivity contribution >= 4 is 17.6 Å². The third kappa shape index (κ3) is 5.94. The van der Waals surface area contributed by atoms with Crippen LogP contribution in [-0.2, 0) is 11.2 Å². The second-order valence-electron chi connectivity index (χ2n) is 7.22. The molecule has 0 aliphatic heterocycles. The number of benzene rings is 1. The Morgan fingerprint density at radius 2 is 1.96 bits per heavy atom. The lowest BCUT2D eigenvalue weighted by Crippen LogP contribution is -2.39. The molecule has 0 atom stereocenters. The molecule has 2 aromatic rings. The van der Waals surface area contributed by atoms with Crippen molar-refractivity contribution in [1.82, 2.24) is 10.1 Å². The Morgan fingerprint density at radius 3 is 2.59 bits per heavy atom. The third-order valence-electron chi connectivity index (χ3n) is 4.77. The van der Waals surface area contributed by atoms with E-state index in [0.29, 0.717) is 23.8 Å². The number of aryl methyl sites for hydroxylation is 1. The summed E-state index contributed by atoms with van der Waals surface area (Å²) in [6.07, 6.45) is 8.24. The molecule has 2 amide bonds. The van der Waals surface area contributed by atoms with Gasteiger partial charge in [0, 0.05) is 18.2 Å². The van der Waals surface area contributed by atoms with Crippen LogP contribution in [0.3, 0.4) is 0 Å². The van der Waals surface area contributed by atoms with Gasteiger partial charge in [-0.15, -0.1) is 0 Å². The van der Waals surface area contributed by atoms with Crippen LogP contribution in [0.2, 0.25) is 0 Å². The smallest absolute Gasteiger partial charge is 0.254 e. The third-order valence-corrected chi connectivity index (χ3v) is 4.77. The summed E-state index contributed by atoms with van der Waals surface area (Å²) < 4.78 is 4.71. The Balaban J connectivity index is 1.61. The zero-order valence-corrected chi connectivity index (χ0v) is 15.8. The molecule has 3 rings (SSSR count). The van der Waals surface area contributed by atoms with Crippen molar-refractivity contribution in [3.05, 3.63) is 47.7 Å². The van der Waals surface area contributed by atoms with E-state index in [0.717, 1.165) is 19.3 Å². The second kappa shape index (κ2) is 9.35. The molecule has 1 fully saturated rings. The SMILES string of the molecule is CCCCCc1ccc(C(=O)N(CC(=O)Nc2ccon2)CC2CC2)cc1. The molecule has 0 spiro atoms. The van der Waals surface area contributed by atoms with E-state index < -0.39 is 0 Å². The van der Waals surface area contributed by atoms with Crippen molar-refractivity contribution in [1.29, 1.82) is 0 Å². The molecule has 1 N–H and O–H groups in total. The van der Waals surface area contributed by atoms with Crippen molar-refractivity contribution in [2.24, 2.45) is 5.92 Å². The van der Waals surface area contributed by atoms with E-state index in [1.807, 2.05) is 24.3 Å². The Hall–Kier alpha value is -2.63. The number of anilines is 1. The molecule has 1 aromatic heterocycles. The van der Waals surface area contributed by atoms with Gasteiger partial charge in [-0.05, 0) is 49.3 Å². The van der Waals surface area contributed by atoms with Crippen LogP contribution in [-0.4, -0.2) is 35.0 Å². The predicted molar refractivity (Wildman–Crippen MR) is 103 cm³/mol. The van der Waals surface area contributed by atoms with E-state index in [4.69, 9.17) is 4.52 Å². The van der Waals surface area contributed by atoms with Crippen molar-refractivity contribution in [2.45, 2.75) is 45.4 Å². The van der Waals surface area contributed by atoms with Gasteiger partial charge in [-0.25, -0.2) is 0 Å². The van der Waals surface area contributed by atoms with Gasteiger partial charge in [0.2, 0.25) is 5.91 Å². The zero-order valence-electron chi connectivity index (χ0n) is 15.8. The van der Waals surface area contributed by atoms with Gasteiger partial charge in [0.15, 0.2) is 5.82 Å². The number of nitrogens with one attached hydrogen (secondary N) is 1. The maximum Gasteiger partial charge on any atom is 0.254 e. The van der Waals surface area contributed by atoms with Crippen LogP contribution in [0.15, 0.2) is 41.1 Å². The van der Waals surface area contributed by atoms with Crippen molar-refractivity contribution in [2.75, 3.05) is 18.4 Å². The summed E-state index contributed by atoms with van der Waals surface area (Å²) in [4.78, 5) is 26.8. The van der Waals surface area contributed by atoms with E-state index in [-0.39, 0.29) is 18.4 Å². The largest absolute Gasteiger partial charge is 0.363 e. The average molecular weight is 369 g/mol. The highest BCUT2D eigenvalue weighted by atomic mass is 16.5. The van der Waals surface area contributed by atoms with Crippen LogP contribution in [0.1, 0.15) is 54.9 Å². The summed E-state index contributed by atoms with van der Waals surface area (Å²) >= 11 is 0. The number of carbonyl (C=O) groups excluding carboxylic acids is 2. The van der Waals surface area contributed by atoms with Crippen molar-refractivity contribution in [3.8, 4) is 0 Å². The summed E-state index contributed by atoms with van der Waals surface area (Å²) in [5.74, 6) is 0.490. The number of aromatic nitrogens is 1. The van der Waals surface area contributed by atoms with Gasteiger partial charge < -0.3 is 14.7 Å². The average Bonchev–Trinajstić information content (AvgIpc) is 3.34. The maximum absolute atomic E-state index is 12.9. The number of amides is 2. The molecular formula is C21H27N3O3. The predicted octanol–water partition coefficient (Wildman–Crippen LogP) is 3.90. The van der Waals surface area contributed by atoms with Gasteiger partial charge in [-0.3, -0.25) is 9.59 Å². The van der Waals surface area contributed by atoms with Gasteiger partial charge >= 0.3 is 0 Å². The lowest BCUT2D eigenvalue weighted by molar-refractivity contribution is -0.117. The Morgan fingerprint density at radius 1 is 1.19 bits per heavy atom. The monoisotopic (exact) mass is 369 g/mol. The number of rotatable bonds is 10. The van der Waals surface area contributed by atoms with Gasteiger partial charge in [-0.1, -0.05) is 37.1 Å². The van der Waals surface area contributed by atoms with Crippen LogP contribution in [0, 0.1) is 5.92 Å². The molecular weight excluding hydrogens is 342 g/mol. The molecule has 0 bridgehead atoms. The topological polar surface area (TPSA) is 75.4 Å². The first kappa shape index (κ1) is 19.1. The van der Waals surface area contributed by atoms with Crippen LogP contribution in [0.4, 0.5) is 5.82 Å². The highest BCUT2D eigenvalue weighted by Crippen LogP contribution is 2.30. The highest BCUT2D eigenvalue weighted by molar-refractivity contribution is 5.99. The molecule has 27 heavy (non-hydrogen) atoms. The second-order valence-corrected chi connectivity index (χ2v) is 7.22. The summed E-state index contributed by atoms with van der Waals surface area (Å²) in [7, 11) is 0. The summed E-state index contributed by atoms with van der Waals surface area (Å²) in [5.41, 5.74) is 1.88. The molecule has 0 unspecified atom stereocenters. The Kier molecular flexibility index (Phi) is 6.63. The van der Waals surface area contributed by atoms with Gasteiger partial charge in [0.1, 0.15) is 12.8 Å². The molecule has 1 aliphatic carbocycles. The highest BCUT2D eigenvalue weighted by Gasteiger charge is 2.28. The minimum absolute atomic E-state index is 0.0143. The summed E-state index contributed by atoms with van der Waals surface area (Å²) in [6, 6.07) is 9.36. The Labute approximate surface area is 159 Å². The quantitative estimate of drug-likeness (QED) is 0.645. The first-order valence-corrected chi connectivity index (χ1v) is 9.74. The molecule has 6 nitrogen and oxygen atoms in total. The van der Waals surface area contributed by atoms with Gasteiger partial charge in [0.05, 0.1) is 0 Å². The number of hydrogen-bond acceptors (Lipinski definition) is 4. The van der Waals surface area contributed by atoms with Gasteiger partial charge in [0.25, 0.3) is 5.91 Å². The minimum Gasteiger partial charge on any atom is -0.363 e. The first-order valence-electron chi connectivity index (χ1n) is 9.74. The lowest BCUT2D eigenvalue weighted by atomic mass is 10.0. The minimum atomic E-state index is -0.269. The first-order chi connectivity index (χ1) is 13.2. The number of hydrogen-bond donors (Lipinski definition) is 1.